The Kier molecular flexibility index (Phi) is 7.10. The molecule has 0 aliphatic carbocycles. The van der Waals surface area contributed by atoms with E-state index in [0.717, 1.165) is 32.8 Å². The molecule has 1 aliphatic rings. The SMILES string of the molecule is CCOc1cc(CNc2ccc3c(c2)OCCO3)c(Br)cc1OCc1cccc(Cl)c1. The van der Waals surface area contributed by atoms with E-state index in [0.29, 0.717) is 49.5 Å². The number of benzene rings is 3. The van der Waals surface area contributed by atoms with Crippen LogP contribution in [-0.4, -0.2) is 19.8 Å². The van der Waals surface area contributed by atoms with Gasteiger partial charge in [-0.05, 0) is 54.4 Å². The van der Waals surface area contributed by atoms with Crippen molar-refractivity contribution in [2.45, 2.75) is 20.1 Å². The predicted octanol–water partition coefficient (Wildman–Crippen LogP) is 6.46. The van der Waals surface area contributed by atoms with Crippen molar-refractivity contribution >= 4 is 33.2 Å². The Morgan fingerprint density at radius 3 is 2.58 bits per heavy atom. The van der Waals surface area contributed by atoms with Crippen LogP contribution in [0, 0.1) is 0 Å². The van der Waals surface area contributed by atoms with E-state index in [-0.39, 0.29) is 0 Å². The molecule has 1 heterocycles. The third-order valence-corrected chi connectivity index (χ3v) is 5.69. The fourth-order valence-electron chi connectivity index (χ4n) is 3.23. The van der Waals surface area contributed by atoms with Gasteiger partial charge in [-0.2, -0.15) is 0 Å². The molecule has 0 radical (unpaired) electrons. The summed E-state index contributed by atoms with van der Waals surface area (Å²) in [5, 5.41) is 4.12. The van der Waals surface area contributed by atoms with Crippen LogP contribution >= 0.6 is 27.5 Å². The van der Waals surface area contributed by atoms with E-state index in [1.807, 2.05) is 61.5 Å². The van der Waals surface area contributed by atoms with Crippen molar-refractivity contribution in [1.29, 1.82) is 0 Å². The number of anilines is 1. The lowest BCUT2D eigenvalue weighted by Crippen LogP contribution is -2.15. The van der Waals surface area contributed by atoms with Crippen LogP contribution in [0.5, 0.6) is 23.0 Å². The molecule has 0 saturated carbocycles. The van der Waals surface area contributed by atoms with Gasteiger partial charge < -0.3 is 24.3 Å². The standard InChI is InChI=1S/C24H23BrClNO4/c1-2-28-22-11-17(14-27-19-6-7-21-23(12-19)30-9-8-29-21)20(25)13-24(22)31-15-16-4-3-5-18(26)10-16/h3-7,10-13,27H,2,8-9,14-15H2,1H3. The van der Waals surface area contributed by atoms with Crippen LogP contribution < -0.4 is 24.3 Å². The highest BCUT2D eigenvalue weighted by Crippen LogP contribution is 2.36. The maximum absolute atomic E-state index is 6.07. The first kappa shape index (κ1) is 21.7. The second-order valence-corrected chi connectivity index (χ2v) is 8.24. The lowest BCUT2D eigenvalue weighted by Gasteiger charge is -2.19. The van der Waals surface area contributed by atoms with Crippen LogP contribution in [0.1, 0.15) is 18.1 Å². The maximum Gasteiger partial charge on any atom is 0.163 e. The number of hydrogen-bond donors (Lipinski definition) is 1. The van der Waals surface area contributed by atoms with Gasteiger partial charge in [0.05, 0.1) is 6.61 Å². The zero-order chi connectivity index (χ0) is 21.6. The Hall–Kier alpha value is -2.57. The second kappa shape index (κ2) is 10.2. The molecular weight excluding hydrogens is 482 g/mol. The molecule has 0 unspecified atom stereocenters. The van der Waals surface area contributed by atoms with Gasteiger partial charge in [-0.1, -0.05) is 39.7 Å². The molecule has 0 fully saturated rings. The largest absolute Gasteiger partial charge is 0.490 e. The summed E-state index contributed by atoms with van der Waals surface area (Å²) in [6, 6.07) is 17.4. The molecule has 0 amide bonds. The van der Waals surface area contributed by atoms with Crippen molar-refractivity contribution in [3.63, 3.8) is 0 Å². The van der Waals surface area contributed by atoms with Crippen molar-refractivity contribution in [3.05, 3.63) is 75.2 Å². The summed E-state index contributed by atoms with van der Waals surface area (Å²) in [7, 11) is 0. The van der Waals surface area contributed by atoms with Gasteiger partial charge in [0.2, 0.25) is 0 Å². The van der Waals surface area contributed by atoms with E-state index < -0.39 is 0 Å². The summed E-state index contributed by atoms with van der Waals surface area (Å²) in [5.41, 5.74) is 3.00. The van der Waals surface area contributed by atoms with Gasteiger partial charge in [-0.3, -0.25) is 0 Å². The number of rotatable bonds is 8. The average molecular weight is 505 g/mol. The summed E-state index contributed by atoms with van der Waals surface area (Å²) < 4.78 is 24.0. The predicted molar refractivity (Wildman–Crippen MR) is 126 cm³/mol. The summed E-state index contributed by atoms with van der Waals surface area (Å²) in [6.45, 7) is 4.66. The van der Waals surface area contributed by atoms with Gasteiger partial charge in [0.1, 0.15) is 19.8 Å². The molecule has 4 rings (SSSR count). The molecule has 3 aromatic carbocycles. The molecular formula is C24H23BrClNO4. The first-order valence-corrected chi connectivity index (χ1v) is 11.3. The zero-order valence-corrected chi connectivity index (χ0v) is 19.5. The first-order valence-electron chi connectivity index (χ1n) is 10.1. The van der Waals surface area contributed by atoms with Crippen LogP contribution in [0.4, 0.5) is 5.69 Å². The molecule has 31 heavy (non-hydrogen) atoms. The summed E-state index contributed by atoms with van der Waals surface area (Å²) in [5.74, 6) is 2.91. The smallest absolute Gasteiger partial charge is 0.163 e. The van der Waals surface area contributed by atoms with E-state index >= 15 is 0 Å². The number of ether oxygens (including phenoxy) is 4. The quantitative estimate of drug-likeness (QED) is 0.381. The summed E-state index contributed by atoms with van der Waals surface area (Å²) in [4.78, 5) is 0. The third-order valence-electron chi connectivity index (χ3n) is 4.72. The Morgan fingerprint density at radius 1 is 0.968 bits per heavy atom. The Bertz CT molecular complexity index is 1060. The van der Waals surface area contributed by atoms with Crippen LogP contribution in [-0.2, 0) is 13.2 Å². The molecule has 1 aliphatic heterocycles. The number of fused-ring (bicyclic) bond motifs is 1. The van der Waals surface area contributed by atoms with E-state index in [9.17, 15) is 0 Å². The fraction of sp³-hybridized carbons (Fsp3) is 0.250. The Morgan fingerprint density at radius 2 is 1.77 bits per heavy atom. The molecule has 0 spiro atoms. The average Bonchev–Trinajstić information content (AvgIpc) is 2.78. The van der Waals surface area contributed by atoms with Gasteiger partial charge in [0.25, 0.3) is 0 Å². The zero-order valence-electron chi connectivity index (χ0n) is 17.1. The molecule has 5 nitrogen and oxygen atoms in total. The molecule has 3 aromatic rings. The van der Waals surface area contributed by atoms with Gasteiger partial charge in [-0.25, -0.2) is 0 Å². The monoisotopic (exact) mass is 503 g/mol. The van der Waals surface area contributed by atoms with Gasteiger partial charge in [0.15, 0.2) is 23.0 Å². The van der Waals surface area contributed by atoms with Crippen molar-refractivity contribution < 1.29 is 18.9 Å². The number of nitrogens with one attached hydrogen (secondary N) is 1. The van der Waals surface area contributed by atoms with Crippen molar-refractivity contribution in [2.24, 2.45) is 0 Å². The van der Waals surface area contributed by atoms with E-state index in [1.165, 1.54) is 0 Å². The van der Waals surface area contributed by atoms with Crippen LogP contribution in [0.25, 0.3) is 0 Å². The normalized spacial score (nSPS) is 12.4. The third kappa shape index (κ3) is 5.57. The Balaban J connectivity index is 1.47. The molecule has 0 saturated heterocycles. The van der Waals surface area contributed by atoms with Crippen molar-refractivity contribution in [3.8, 4) is 23.0 Å². The van der Waals surface area contributed by atoms with Crippen molar-refractivity contribution in [2.75, 3.05) is 25.1 Å². The van der Waals surface area contributed by atoms with E-state index in [2.05, 4.69) is 21.2 Å². The number of hydrogen-bond acceptors (Lipinski definition) is 5. The Labute approximate surface area is 195 Å². The molecule has 7 heteroatoms. The second-order valence-electron chi connectivity index (χ2n) is 6.95. The summed E-state index contributed by atoms with van der Waals surface area (Å²) >= 11 is 9.73. The molecule has 1 N–H and O–H groups in total. The highest BCUT2D eigenvalue weighted by molar-refractivity contribution is 9.10. The van der Waals surface area contributed by atoms with Crippen molar-refractivity contribution in [1.82, 2.24) is 0 Å². The van der Waals surface area contributed by atoms with Crippen LogP contribution in [0.3, 0.4) is 0 Å². The van der Waals surface area contributed by atoms with Crippen LogP contribution in [0.15, 0.2) is 59.1 Å². The first-order chi connectivity index (χ1) is 15.1. The van der Waals surface area contributed by atoms with Gasteiger partial charge in [0, 0.05) is 27.8 Å². The molecule has 0 atom stereocenters. The minimum atomic E-state index is 0.405. The topological polar surface area (TPSA) is 49.0 Å². The van der Waals surface area contributed by atoms with Gasteiger partial charge >= 0.3 is 0 Å². The molecule has 162 valence electrons. The minimum Gasteiger partial charge on any atom is -0.490 e. The molecule has 0 bridgehead atoms. The molecule has 0 aromatic heterocycles. The van der Waals surface area contributed by atoms with E-state index in [4.69, 9.17) is 30.5 Å². The number of halogens is 2. The lowest BCUT2D eigenvalue weighted by atomic mass is 10.2. The fourth-order valence-corrected chi connectivity index (χ4v) is 3.91. The summed E-state index contributed by atoms with van der Waals surface area (Å²) in [6.07, 6.45) is 0. The highest BCUT2D eigenvalue weighted by atomic mass is 79.9. The minimum absolute atomic E-state index is 0.405. The highest BCUT2D eigenvalue weighted by Gasteiger charge is 2.14. The maximum atomic E-state index is 6.07. The van der Waals surface area contributed by atoms with Crippen LogP contribution in [0.2, 0.25) is 5.02 Å². The van der Waals surface area contributed by atoms with Gasteiger partial charge in [-0.15, -0.1) is 0 Å². The lowest BCUT2D eigenvalue weighted by molar-refractivity contribution is 0.171. The van der Waals surface area contributed by atoms with E-state index in [1.54, 1.807) is 0 Å².